The maximum atomic E-state index is 12.0. The van der Waals surface area contributed by atoms with E-state index in [4.69, 9.17) is 23.7 Å². The largest absolute Gasteiger partial charge is 0.497 e. The maximum Gasteiger partial charge on any atom is 0.338 e. The van der Waals surface area contributed by atoms with Crippen molar-refractivity contribution >= 4 is 11.9 Å². The average Bonchev–Trinajstić information content (AvgIpc) is 3.43. The summed E-state index contributed by atoms with van der Waals surface area (Å²) in [5.41, 5.74) is 0.462. The van der Waals surface area contributed by atoms with Gasteiger partial charge in [0.2, 0.25) is 0 Å². The van der Waals surface area contributed by atoms with Gasteiger partial charge in [-0.2, -0.15) is 0 Å². The summed E-state index contributed by atoms with van der Waals surface area (Å²) in [6, 6.07) is 4.45. The van der Waals surface area contributed by atoms with Gasteiger partial charge in [-0.1, -0.05) is 0 Å². The zero-order valence-electron chi connectivity index (χ0n) is 12.1. The second kappa shape index (κ2) is 6.33. The molecule has 2 heterocycles. The Morgan fingerprint density at radius 2 is 1.45 bits per heavy atom. The van der Waals surface area contributed by atoms with Crippen molar-refractivity contribution in [1.82, 2.24) is 0 Å². The first-order valence-corrected chi connectivity index (χ1v) is 6.92. The van der Waals surface area contributed by atoms with Gasteiger partial charge in [-0.3, -0.25) is 0 Å². The number of hydrogen-bond donors (Lipinski definition) is 0. The standard InChI is InChI=1S/C15H16O7/c1-18-11-3-9(14(16)21-7-12-5-19-12)2-10(4-11)15(17)22-8-13-6-20-13/h2-4,12-13H,5-8H2,1H3. The van der Waals surface area contributed by atoms with E-state index in [1.807, 2.05) is 0 Å². The number of ether oxygens (including phenoxy) is 5. The Bertz CT molecular complexity index is 529. The molecule has 0 radical (unpaired) electrons. The molecule has 0 spiro atoms. The second-order valence-corrected chi connectivity index (χ2v) is 5.06. The third kappa shape index (κ3) is 3.96. The summed E-state index contributed by atoms with van der Waals surface area (Å²) in [5.74, 6) is -0.685. The molecule has 0 aromatic heterocycles. The molecule has 2 atom stereocenters. The fourth-order valence-corrected chi connectivity index (χ4v) is 1.79. The van der Waals surface area contributed by atoms with Crippen molar-refractivity contribution in [2.75, 3.05) is 33.5 Å². The molecular weight excluding hydrogens is 292 g/mol. The van der Waals surface area contributed by atoms with Crippen molar-refractivity contribution in [3.63, 3.8) is 0 Å². The first-order chi connectivity index (χ1) is 10.7. The van der Waals surface area contributed by atoms with Crippen LogP contribution in [0.2, 0.25) is 0 Å². The van der Waals surface area contributed by atoms with E-state index in [1.54, 1.807) is 0 Å². The third-order valence-corrected chi connectivity index (χ3v) is 3.22. The Hall–Kier alpha value is -2.12. The smallest absolute Gasteiger partial charge is 0.338 e. The molecule has 118 valence electrons. The summed E-state index contributed by atoms with van der Waals surface area (Å²) in [6.45, 7) is 1.61. The number of epoxide rings is 2. The molecule has 7 heteroatoms. The summed E-state index contributed by atoms with van der Waals surface area (Å²) in [6.07, 6.45) is -0.0323. The lowest BCUT2D eigenvalue weighted by molar-refractivity contribution is 0.0473. The van der Waals surface area contributed by atoms with Crippen LogP contribution in [0, 0.1) is 0 Å². The number of carbonyl (C=O) groups is 2. The van der Waals surface area contributed by atoms with Crippen LogP contribution in [0.15, 0.2) is 18.2 Å². The maximum absolute atomic E-state index is 12.0. The predicted octanol–water partition coefficient (Wildman–Crippen LogP) is 0.806. The minimum absolute atomic E-state index is 0.0162. The molecule has 2 saturated heterocycles. The quantitative estimate of drug-likeness (QED) is 0.544. The highest BCUT2D eigenvalue weighted by atomic mass is 16.6. The lowest BCUT2D eigenvalue weighted by atomic mass is 10.1. The number of methoxy groups -OCH3 is 1. The molecule has 0 aliphatic carbocycles. The molecule has 0 bridgehead atoms. The van der Waals surface area contributed by atoms with Gasteiger partial charge in [0.1, 0.15) is 31.2 Å². The summed E-state index contributed by atoms with van der Waals surface area (Å²) in [5, 5.41) is 0. The number of carbonyl (C=O) groups excluding carboxylic acids is 2. The molecule has 22 heavy (non-hydrogen) atoms. The minimum Gasteiger partial charge on any atom is -0.497 e. The van der Waals surface area contributed by atoms with Crippen molar-refractivity contribution in [3.05, 3.63) is 29.3 Å². The van der Waals surface area contributed by atoms with Crippen LogP contribution in [0.4, 0.5) is 0 Å². The van der Waals surface area contributed by atoms with E-state index in [9.17, 15) is 9.59 Å². The van der Waals surface area contributed by atoms with Gasteiger partial charge in [0.25, 0.3) is 0 Å². The van der Waals surface area contributed by atoms with Gasteiger partial charge >= 0.3 is 11.9 Å². The van der Waals surface area contributed by atoms with Gasteiger partial charge in [-0.15, -0.1) is 0 Å². The third-order valence-electron chi connectivity index (χ3n) is 3.22. The van der Waals surface area contributed by atoms with Crippen molar-refractivity contribution < 1.29 is 33.3 Å². The van der Waals surface area contributed by atoms with E-state index in [1.165, 1.54) is 25.3 Å². The van der Waals surface area contributed by atoms with Crippen molar-refractivity contribution in [1.29, 1.82) is 0 Å². The average molecular weight is 308 g/mol. The van der Waals surface area contributed by atoms with E-state index < -0.39 is 11.9 Å². The molecule has 1 aromatic rings. The Morgan fingerprint density at radius 3 is 1.82 bits per heavy atom. The molecule has 1 aromatic carbocycles. The molecule has 3 rings (SSSR count). The molecular formula is C15H16O7. The van der Waals surface area contributed by atoms with E-state index >= 15 is 0 Å². The lowest BCUT2D eigenvalue weighted by Gasteiger charge is -2.09. The number of esters is 2. The van der Waals surface area contributed by atoms with E-state index in [2.05, 4.69) is 0 Å². The van der Waals surface area contributed by atoms with Crippen molar-refractivity contribution in [2.45, 2.75) is 12.2 Å². The SMILES string of the molecule is COc1cc(C(=O)OCC2CO2)cc(C(=O)OCC2CO2)c1. The van der Waals surface area contributed by atoms with Gasteiger partial charge in [-0.25, -0.2) is 9.59 Å². The monoisotopic (exact) mass is 308 g/mol. The van der Waals surface area contributed by atoms with Crippen LogP contribution in [0.25, 0.3) is 0 Å². The fraction of sp³-hybridized carbons (Fsp3) is 0.467. The molecule has 0 N–H and O–H groups in total. The predicted molar refractivity (Wildman–Crippen MR) is 73.0 cm³/mol. The Balaban J connectivity index is 1.69. The van der Waals surface area contributed by atoms with E-state index in [0.717, 1.165) is 0 Å². The Kier molecular flexibility index (Phi) is 4.26. The van der Waals surface area contributed by atoms with Crippen LogP contribution in [0.1, 0.15) is 20.7 Å². The van der Waals surface area contributed by atoms with Gasteiger partial charge in [0, 0.05) is 0 Å². The van der Waals surface area contributed by atoms with Crippen LogP contribution in [0.5, 0.6) is 5.75 Å². The van der Waals surface area contributed by atoms with Crippen LogP contribution >= 0.6 is 0 Å². The molecule has 2 fully saturated rings. The zero-order valence-corrected chi connectivity index (χ0v) is 12.1. The summed E-state index contributed by atoms with van der Waals surface area (Å²) >= 11 is 0. The van der Waals surface area contributed by atoms with Gasteiger partial charge < -0.3 is 23.7 Å². The van der Waals surface area contributed by atoms with Crippen LogP contribution in [-0.2, 0) is 18.9 Å². The normalized spacial score (nSPS) is 21.9. The van der Waals surface area contributed by atoms with E-state index in [0.29, 0.717) is 19.0 Å². The van der Waals surface area contributed by atoms with Gasteiger partial charge in [0.05, 0.1) is 31.5 Å². The zero-order chi connectivity index (χ0) is 15.5. The van der Waals surface area contributed by atoms with E-state index in [-0.39, 0.29) is 36.5 Å². The highest BCUT2D eigenvalue weighted by Gasteiger charge is 2.26. The Morgan fingerprint density at radius 1 is 1.00 bits per heavy atom. The highest BCUT2D eigenvalue weighted by Crippen LogP contribution is 2.20. The minimum atomic E-state index is -0.533. The number of benzene rings is 1. The Labute approximate surface area is 127 Å². The first-order valence-electron chi connectivity index (χ1n) is 6.92. The lowest BCUT2D eigenvalue weighted by Crippen LogP contribution is -2.13. The molecule has 2 aliphatic heterocycles. The first kappa shape index (κ1) is 14.8. The summed E-state index contributed by atoms with van der Waals surface area (Å²) in [4.78, 5) is 24.0. The molecule has 7 nitrogen and oxygen atoms in total. The fourth-order valence-electron chi connectivity index (χ4n) is 1.79. The topological polar surface area (TPSA) is 86.9 Å². The van der Waals surface area contributed by atoms with Crippen molar-refractivity contribution in [3.8, 4) is 5.75 Å². The summed E-state index contributed by atoms with van der Waals surface area (Å²) < 4.78 is 25.3. The number of rotatable bonds is 7. The van der Waals surface area contributed by atoms with Gasteiger partial charge in [0.15, 0.2) is 0 Å². The van der Waals surface area contributed by atoms with Gasteiger partial charge in [-0.05, 0) is 18.2 Å². The highest BCUT2D eigenvalue weighted by molar-refractivity contribution is 5.96. The molecule has 2 unspecified atom stereocenters. The van der Waals surface area contributed by atoms with Crippen LogP contribution < -0.4 is 4.74 Å². The molecule has 2 aliphatic rings. The molecule has 0 amide bonds. The molecule has 0 saturated carbocycles. The summed E-state index contributed by atoms with van der Waals surface area (Å²) in [7, 11) is 1.45. The van der Waals surface area contributed by atoms with Crippen LogP contribution in [0.3, 0.4) is 0 Å². The second-order valence-electron chi connectivity index (χ2n) is 5.06. The van der Waals surface area contributed by atoms with Crippen molar-refractivity contribution in [2.24, 2.45) is 0 Å². The number of hydrogen-bond acceptors (Lipinski definition) is 7. The van der Waals surface area contributed by atoms with Crippen LogP contribution in [-0.4, -0.2) is 57.7 Å².